The monoisotopic (exact) mass is 251 g/mol. The quantitative estimate of drug-likeness (QED) is 0.841. The summed E-state index contributed by atoms with van der Waals surface area (Å²) in [6, 6.07) is 4.60. The Morgan fingerprint density at radius 2 is 2.28 bits per heavy atom. The first-order valence-corrected chi connectivity index (χ1v) is 5.52. The van der Waals surface area contributed by atoms with Crippen LogP contribution < -0.4 is 10.1 Å². The number of tetrazole rings is 1. The second kappa shape index (κ2) is 5.54. The van der Waals surface area contributed by atoms with Crippen molar-refractivity contribution in [1.82, 2.24) is 25.5 Å². The van der Waals surface area contributed by atoms with Gasteiger partial charge >= 0.3 is 0 Å². The molecule has 0 spiro atoms. The Hall–Kier alpha value is -2.02. The van der Waals surface area contributed by atoms with Gasteiger partial charge in [0.1, 0.15) is 0 Å². The molecule has 0 aliphatic carbocycles. The number of ether oxygens (including phenoxy) is 1. The van der Waals surface area contributed by atoms with Crippen molar-refractivity contribution < 1.29 is 9.13 Å². The Morgan fingerprint density at radius 1 is 1.44 bits per heavy atom. The maximum atomic E-state index is 13.6. The molecule has 6 nitrogen and oxygen atoms in total. The minimum Gasteiger partial charge on any atom is -0.494 e. The highest BCUT2D eigenvalue weighted by Crippen LogP contribution is 2.20. The van der Waals surface area contributed by atoms with Gasteiger partial charge in [0.05, 0.1) is 12.8 Å². The van der Waals surface area contributed by atoms with Crippen molar-refractivity contribution in [2.75, 3.05) is 20.7 Å². The van der Waals surface area contributed by atoms with Crippen molar-refractivity contribution in [3.63, 3.8) is 0 Å². The molecule has 0 aliphatic rings. The van der Waals surface area contributed by atoms with Gasteiger partial charge in [-0.2, -0.15) is 4.68 Å². The Kier molecular flexibility index (Phi) is 3.83. The van der Waals surface area contributed by atoms with E-state index in [-0.39, 0.29) is 5.75 Å². The van der Waals surface area contributed by atoms with Crippen LogP contribution in [-0.4, -0.2) is 40.9 Å². The van der Waals surface area contributed by atoms with E-state index in [0.717, 1.165) is 6.54 Å². The van der Waals surface area contributed by atoms with E-state index in [4.69, 9.17) is 4.74 Å². The maximum Gasteiger partial charge on any atom is 0.167 e. The Balaban J connectivity index is 2.31. The van der Waals surface area contributed by atoms with Crippen molar-refractivity contribution in [2.24, 2.45) is 0 Å². The molecule has 0 amide bonds. The molecule has 1 aromatic carbocycles. The van der Waals surface area contributed by atoms with Crippen LogP contribution in [0, 0.1) is 5.82 Å². The summed E-state index contributed by atoms with van der Waals surface area (Å²) < 4.78 is 20.0. The average molecular weight is 251 g/mol. The van der Waals surface area contributed by atoms with E-state index < -0.39 is 5.82 Å². The third kappa shape index (κ3) is 2.45. The zero-order chi connectivity index (χ0) is 13.0. The Bertz CT molecular complexity index is 528. The number of aromatic nitrogens is 4. The van der Waals surface area contributed by atoms with E-state index in [9.17, 15) is 4.39 Å². The standard InChI is InChI=1S/C11H14FN5O/c1-13-6-5-11-14-15-16-17(11)8-3-4-10(18-2)9(12)7-8/h3-4,7,13H,5-6H2,1-2H3. The first kappa shape index (κ1) is 12.4. The maximum absolute atomic E-state index is 13.6. The molecule has 0 bridgehead atoms. The molecule has 0 saturated carbocycles. The van der Waals surface area contributed by atoms with Gasteiger partial charge in [-0.15, -0.1) is 5.10 Å². The number of rotatable bonds is 5. The molecule has 1 heterocycles. The van der Waals surface area contributed by atoms with Crippen LogP contribution in [0.25, 0.3) is 5.69 Å². The number of nitrogens with zero attached hydrogens (tertiary/aromatic N) is 4. The van der Waals surface area contributed by atoms with Gasteiger partial charge in [-0.1, -0.05) is 0 Å². The molecule has 2 aromatic rings. The SMILES string of the molecule is CNCCc1nnnn1-c1ccc(OC)c(F)c1. The predicted octanol–water partition coefficient (Wildman–Crippen LogP) is 0.572. The van der Waals surface area contributed by atoms with Gasteiger partial charge in [0.25, 0.3) is 0 Å². The van der Waals surface area contributed by atoms with Gasteiger partial charge in [0.2, 0.25) is 0 Å². The zero-order valence-electron chi connectivity index (χ0n) is 10.2. The number of halogens is 1. The number of hydrogen-bond acceptors (Lipinski definition) is 5. The van der Waals surface area contributed by atoms with Gasteiger partial charge in [0, 0.05) is 19.0 Å². The smallest absolute Gasteiger partial charge is 0.167 e. The minimum atomic E-state index is -0.440. The van der Waals surface area contributed by atoms with Crippen molar-refractivity contribution >= 4 is 0 Å². The lowest BCUT2D eigenvalue weighted by atomic mass is 10.3. The lowest BCUT2D eigenvalue weighted by molar-refractivity contribution is 0.386. The molecular weight excluding hydrogens is 237 g/mol. The average Bonchev–Trinajstić information content (AvgIpc) is 2.84. The van der Waals surface area contributed by atoms with Crippen LogP contribution in [-0.2, 0) is 6.42 Å². The van der Waals surface area contributed by atoms with Gasteiger partial charge in [-0.3, -0.25) is 0 Å². The second-order valence-corrected chi connectivity index (χ2v) is 3.68. The molecule has 1 N–H and O–H groups in total. The summed E-state index contributed by atoms with van der Waals surface area (Å²) in [7, 11) is 3.27. The first-order chi connectivity index (χ1) is 8.76. The van der Waals surface area contributed by atoms with E-state index in [1.807, 2.05) is 7.05 Å². The van der Waals surface area contributed by atoms with Crippen molar-refractivity contribution in [3.05, 3.63) is 29.8 Å². The summed E-state index contributed by atoms with van der Waals surface area (Å²) in [4.78, 5) is 0. The largest absolute Gasteiger partial charge is 0.494 e. The molecule has 1 aromatic heterocycles. The third-order valence-corrected chi connectivity index (χ3v) is 2.51. The summed E-state index contributed by atoms with van der Waals surface area (Å²) in [5.41, 5.74) is 0.574. The second-order valence-electron chi connectivity index (χ2n) is 3.68. The van der Waals surface area contributed by atoms with E-state index >= 15 is 0 Å². The molecule has 0 radical (unpaired) electrons. The number of methoxy groups -OCH3 is 1. The fourth-order valence-corrected chi connectivity index (χ4v) is 1.59. The van der Waals surface area contributed by atoms with Crippen LogP contribution >= 0.6 is 0 Å². The molecule has 0 atom stereocenters. The van der Waals surface area contributed by atoms with Crippen molar-refractivity contribution in [2.45, 2.75) is 6.42 Å². The summed E-state index contributed by atoms with van der Waals surface area (Å²) in [6.07, 6.45) is 0.664. The topological polar surface area (TPSA) is 64.9 Å². The summed E-state index contributed by atoms with van der Waals surface area (Å²) in [5, 5.41) is 14.4. The minimum absolute atomic E-state index is 0.198. The fourth-order valence-electron chi connectivity index (χ4n) is 1.59. The molecule has 2 rings (SSSR count). The van der Waals surface area contributed by atoms with Crippen LogP contribution in [0.4, 0.5) is 4.39 Å². The predicted molar refractivity (Wildman–Crippen MR) is 63.3 cm³/mol. The molecule has 0 fully saturated rings. The van der Waals surface area contributed by atoms with Crippen molar-refractivity contribution in [3.8, 4) is 11.4 Å². The van der Waals surface area contributed by atoms with Crippen LogP contribution in [0.5, 0.6) is 5.75 Å². The van der Waals surface area contributed by atoms with Crippen LogP contribution in [0.15, 0.2) is 18.2 Å². The first-order valence-electron chi connectivity index (χ1n) is 5.52. The van der Waals surface area contributed by atoms with E-state index in [0.29, 0.717) is 17.9 Å². The molecule has 7 heteroatoms. The highest BCUT2D eigenvalue weighted by atomic mass is 19.1. The molecule has 0 saturated heterocycles. The molecule has 0 aliphatic heterocycles. The van der Waals surface area contributed by atoms with E-state index in [2.05, 4.69) is 20.8 Å². The number of hydrogen-bond donors (Lipinski definition) is 1. The van der Waals surface area contributed by atoms with Gasteiger partial charge < -0.3 is 10.1 Å². The number of benzene rings is 1. The summed E-state index contributed by atoms with van der Waals surface area (Å²) in [5.74, 6) is 0.433. The number of likely N-dealkylation sites (N-methyl/N-ethyl adjacent to an activating group) is 1. The van der Waals surface area contributed by atoms with Crippen LogP contribution in [0.2, 0.25) is 0 Å². The molecule has 0 unspecified atom stereocenters. The lowest BCUT2D eigenvalue weighted by Crippen LogP contribution is -2.14. The molecular formula is C11H14FN5O. The van der Waals surface area contributed by atoms with E-state index in [1.54, 1.807) is 12.1 Å². The van der Waals surface area contributed by atoms with Gasteiger partial charge in [-0.25, -0.2) is 4.39 Å². The lowest BCUT2D eigenvalue weighted by Gasteiger charge is -2.06. The normalized spacial score (nSPS) is 10.6. The van der Waals surface area contributed by atoms with Crippen molar-refractivity contribution in [1.29, 1.82) is 0 Å². The summed E-state index contributed by atoms with van der Waals surface area (Å²) in [6.45, 7) is 0.749. The van der Waals surface area contributed by atoms with Crippen LogP contribution in [0.1, 0.15) is 5.82 Å². The molecule has 18 heavy (non-hydrogen) atoms. The highest BCUT2D eigenvalue weighted by Gasteiger charge is 2.10. The number of nitrogens with one attached hydrogen (secondary N) is 1. The van der Waals surface area contributed by atoms with Gasteiger partial charge in [-0.05, 0) is 29.6 Å². The van der Waals surface area contributed by atoms with Crippen LogP contribution in [0.3, 0.4) is 0 Å². The van der Waals surface area contributed by atoms with Gasteiger partial charge in [0.15, 0.2) is 17.4 Å². The Labute approximate surface area is 104 Å². The zero-order valence-corrected chi connectivity index (χ0v) is 10.2. The highest BCUT2D eigenvalue weighted by molar-refractivity contribution is 5.38. The third-order valence-electron chi connectivity index (χ3n) is 2.51. The summed E-state index contributed by atoms with van der Waals surface area (Å²) >= 11 is 0. The van der Waals surface area contributed by atoms with E-state index in [1.165, 1.54) is 17.9 Å². The fraction of sp³-hybridized carbons (Fsp3) is 0.364. The molecule has 96 valence electrons. The Morgan fingerprint density at radius 3 is 2.94 bits per heavy atom.